The predicted octanol–water partition coefficient (Wildman–Crippen LogP) is 2.58. The molecule has 0 radical (unpaired) electrons. The number of Topliss-reactive ketones (excluding diaryl/α,β-unsaturated/α-hetero) is 1. The molecule has 20 heavy (non-hydrogen) atoms. The number of nitro groups is 1. The normalized spacial score (nSPS) is 10.3. The molecule has 1 aromatic heterocycles. The molecule has 1 aromatic carbocycles. The van der Waals surface area contributed by atoms with Gasteiger partial charge in [-0.25, -0.2) is 0 Å². The van der Waals surface area contributed by atoms with Gasteiger partial charge in [0.25, 0.3) is 5.69 Å². The van der Waals surface area contributed by atoms with Crippen LogP contribution in [0.2, 0.25) is 0 Å². The summed E-state index contributed by atoms with van der Waals surface area (Å²) in [5, 5.41) is 18.2. The fourth-order valence-corrected chi connectivity index (χ4v) is 1.77. The number of anilines is 2. The first kappa shape index (κ1) is 13.7. The zero-order valence-electron chi connectivity index (χ0n) is 11.4. The molecular weight excluding hydrogens is 260 g/mol. The highest BCUT2D eigenvalue weighted by Gasteiger charge is 2.17. The molecule has 0 bridgehead atoms. The lowest BCUT2D eigenvalue weighted by molar-refractivity contribution is -0.383. The van der Waals surface area contributed by atoms with Crippen LogP contribution in [0.15, 0.2) is 24.3 Å². The number of ketones is 1. The quantitative estimate of drug-likeness (QED) is 0.525. The largest absolute Gasteiger partial charge is 0.333 e. The average molecular weight is 274 g/mol. The second kappa shape index (κ2) is 5.12. The lowest BCUT2D eigenvalue weighted by Crippen LogP contribution is -2.01. The van der Waals surface area contributed by atoms with Gasteiger partial charge in [0.2, 0.25) is 0 Å². The fourth-order valence-electron chi connectivity index (χ4n) is 1.77. The van der Waals surface area contributed by atoms with Crippen LogP contribution >= 0.6 is 0 Å². The maximum atomic E-state index is 11.3. The molecule has 0 aliphatic rings. The van der Waals surface area contributed by atoms with E-state index in [9.17, 15) is 14.9 Å². The van der Waals surface area contributed by atoms with Crippen LogP contribution in [0.25, 0.3) is 0 Å². The van der Waals surface area contributed by atoms with Crippen molar-refractivity contribution in [3.05, 3.63) is 45.6 Å². The van der Waals surface area contributed by atoms with Gasteiger partial charge in [0.15, 0.2) is 11.6 Å². The number of benzene rings is 1. The number of hydrogen-bond donors (Lipinski definition) is 1. The zero-order chi connectivity index (χ0) is 14.9. The molecule has 0 amide bonds. The Bertz CT molecular complexity index is 671. The van der Waals surface area contributed by atoms with Gasteiger partial charge in [-0.1, -0.05) is 0 Å². The van der Waals surface area contributed by atoms with Crippen LogP contribution in [0.5, 0.6) is 0 Å². The summed E-state index contributed by atoms with van der Waals surface area (Å²) in [6.45, 7) is 3.25. The summed E-state index contributed by atoms with van der Waals surface area (Å²) in [6.07, 6.45) is 0. The van der Waals surface area contributed by atoms with Crippen LogP contribution in [0.4, 0.5) is 17.2 Å². The molecule has 0 unspecified atom stereocenters. The third-order valence-electron chi connectivity index (χ3n) is 2.98. The molecule has 0 saturated heterocycles. The van der Waals surface area contributed by atoms with Crippen molar-refractivity contribution >= 4 is 23.0 Å². The Morgan fingerprint density at radius 3 is 2.60 bits per heavy atom. The monoisotopic (exact) mass is 274 g/mol. The van der Waals surface area contributed by atoms with Crippen molar-refractivity contribution in [1.29, 1.82) is 0 Å². The minimum atomic E-state index is -0.523. The Balaban J connectivity index is 2.40. The second-order valence-corrected chi connectivity index (χ2v) is 4.46. The number of carbonyl (C=O) groups excluding carboxylic acids is 1. The first-order chi connectivity index (χ1) is 9.38. The summed E-state index contributed by atoms with van der Waals surface area (Å²) in [7, 11) is 1.79. The maximum absolute atomic E-state index is 11.3. The summed E-state index contributed by atoms with van der Waals surface area (Å²) in [6, 6.07) is 6.11. The average Bonchev–Trinajstić information content (AvgIpc) is 2.68. The maximum Gasteiger partial charge on any atom is 0.293 e. The highest BCUT2D eigenvalue weighted by atomic mass is 16.6. The van der Waals surface area contributed by atoms with E-state index < -0.39 is 4.92 Å². The molecule has 2 rings (SSSR count). The predicted molar refractivity (Wildman–Crippen MR) is 74.3 cm³/mol. The van der Waals surface area contributed by atoms with E-state index in [2.05, 4.69) is 10.4 Å². The van der Waals surface area contributed by atoms with Gasteiger partial charge in [-0.3, -0.25) is 19.6 Å². The Morgan fingerprint density at radius 2 is 2.10 bits per heavy atom. The summed E-state index contributed by atoms with van der Waals surface area (Å²) >= 11 is 0. The number of carbonyl (C=O) groups is 1. The van der Waals surface area contributed by atoms with Gasteiger partial charge in [0.1, 0.15) is 5.69 Å². The summed E-state index contributed by atoms with van der Waals surface area (Å²) in [5.74, 6) is 0.303. The standard InChI is InChI=1S/C13H14N4O3/c1-8-6-13(15-16(8)3)14-11-5-4-10(9(2)18)7-12(11)17(19)20/h4-7H,1-3H3,(H,14,15). The highest BCUT2D eigenvalue weighted by molar-refractivity contribution is 5.95. The minimum Gasteiger partial charge on any atom is -0.333 e. The third kappa shape index (κ3) is 2.66. The summed E-state index contributed by atoms with van der Waals surface area (Å²) in [4.78, 5) is 21.8. The number of nitrogens with zero attached hydrogens (tertiary/aromatic N) is 3. The SMILES string of the molecule is CC(=O)c1ccc(Nc2cc(C)n(C)n2)c([N+](=O)[O-])c1. The van der Waals surface area contributed by atoms with Gasteiger partial charge >= 0.3 is 0 Å². The van der Waals surface area contributed by atoms with Crippen molar-refractivity contribution in [3.8, 4) is 0 Å². The molecule has 0 spiro atoms. The van der Waals surface area contributed by atoms with Crippen molar-refractivity contribution in [1.82, 2.24) is 9.78 Å². The van der Waals surface area contributed by atoms with E-state index in [1.807, 2.05) is 6.92 Å². The van der Waals surface area contributed by atoms with Crippen LogP contribution < -0.4 is 5.32 Å². The van der Waals surface area contributed by atoms with Gasteiger partial charge in [0.05, 0.1) is 4.92 Å². The Labute approximate surface area is 115 Å². The molecular formula is C13H14N4O3. The van der Waals surface area contributed by atoms with E-state index in [4.69, 9.17) is 0 Å². The molecule has 1 N–H and O–H groups in total. The Kier molecular flexibility index (Phi) is 3.51. The Morgan fingerprint density at radius 1 is 1.40 bits per heavy atom. The summed E-state index contributed by atoms with van der Waals surface area (Å²) < 4.78 is 1.66. The van der Waals surface area contributed by atoms with E-state index >= 15 is 0 Å². The topological polar surface area (TPSA) is 90.1 Å². The van der Waals surface area contributed by atoms with Gasteiger partial charge < -0.3 is 5.32 Å². The van der Waals surface area contributed by atoms with Crippen molar-refractivity contribution < 1.29 is 9.72 Å². The zero-order valence-corrected chi connectivity index (χ0v) is 11.4. The van der Waals surface area contributed by atoms with Crippen LogP contribution in [0.3, 0.4) is 0 Å². The van der Waals surface area contributed by atoms with E-state index in [0.717, 1.165) is 5.69 Å². The number of nitrogens with one attached hydrogen (secondary N) is 1. The van der Waals surface area contributed by atoms with Crippen molar-refractivity contribution in [2.75, 3.05) is 5.32 Å². The molecule has 7 heteroatoms. The van der Waals surface area contributed by atoms with Gasteiger partial charge in [-0.15, -0.1) is 0 Å². The molecule has 0 aliphatic heterocycles. The highest BCUT2D eigenvalue weighted by Crippen LogP contribution is 2.28. The van der Waals surface area contributed by atoms with Crippen molar-refractivity contribution in [3.63, 3.8) is 0 Å². The molecule has 1 heterocycles. The molecule has 0 saturated carbocycles. The smallest absolute Gasteiger partial charge is 0.293 e. The van der Waals surface area contributed by atoms with Gasteiger partial charge in [-0.05, 0) is 26.0 Å². The van der Waals surface area contributed by atoms with E-state index in [1.54, 1.807) is 23.9 Å². The van der Waals surface area contributed by atoms with Crippen molar-refractivity contribution in [2.45, 2.75) is 13.8 Å². The van der Waals surface area contributed by atoms with E-state index in [0.29, 0.717) is 17.1 Å². The molecule has 2 aromatic rings. The minimum absolute atomic E-state index is 0.152. The number of aromatic nitrogens is 2. The first-order valence-corrected chi connectivity index (χ1v) is 5.95. The molecule has 0 fully saturated rings. The molecule has 104 valence electrons. The molecule has 7 nitrogen and oxygen atoms in total. The third-order valence-corrected chi connectivity index (χ3v) is 2.98. The van der Waals surface area contributed by atoms with Crippen LogP contribution in [0, 0.1) is 17.0 Å². The van der Waals surface area contributed by atoms with Gasteiger partial charge in [-0.2, -0.15) is 5.10 Å². The number of aryl methyl sites for hydroxylation is 2. The summed E-state index contributed by atoms with van der Waals surface area (Å²) in [5.41, 5.74) is 1.38. The van der Waals surface area contributed by atoms with Crippen LogP contribution in [-0.2, 0) is 7.05 Å². The van der Waals surface area contributed by atoms with Crippen LogP contribution in [-0.4, -0.2) is 20.5 Å². The number of hydrogen-bond acceptors (Lipinski definition) is 5. The van der Waals surface area contributed by atoms with E-state index in [-0.39, 0.29) is 11.5 Å². The second-order valence-electron chi connectivity index (χ2n) is 4.46. The molecule has 0 aliphatic carbocycles. The van der Waals surface area contributed by atoms with Crippen molar-refractivity contribution in [2.24, 2.45) is 7.05 Å². The number of nitro benzene ring substituents is 1. The van der Waals surface area contributed by atoms with Gasteiger partial charge in [0, 0.05) is 30.4 Å². The lowest BCUT2D eigenvalue weighted by Gasteiger charge is -2.05. The molecule has 0 atom stereocenters. The first-order valence-electron chi connectivity index (χ1n) is 5.95. The van der Waals surface area contributed by atoms with E-state index in [1.165, 1.54) is 19.1 Å². The Hall–Kier alpha value is -2.70. The number of rotatable bonds is 4. The lowest BCUT2D eigenvalue weighted by atomic mass is 10.1. The van der Waals surface area contributed by atoms with Crippen LogP contribution in [0.1, 0.15) is 23.0 Å². The fraction of sp³-hybridized carbons (Fsp3) is 0.231.